The van der Waals surface area contributed by atoms with Gasteiger partial charge in [0.25, 0.3) is 0 Å². The number of benzene rings is 1. The quantitative estimate of drug-likeness (QED) is 0.405. The van der Waals surface area contributed by atoms with Gasteiger partial charge in [0.15, 0.2) is 6.54 Å². The van der Waals surface area contributed by atoms with E-state index in [0.29, 0.717) is 26.2 Å². The third-order valence-electron chi connectivity index (χ3n) is 4.76. The number of rotatable bonds is 12. The second kappa shape index (κ2) is 13.1. The lowest BCUT2D eigenvalue weighted by molar-refractivity contribution is -0.697. The fourth-order valence-corrected chi connectivity index (χ4v) is 3.23. The highest BCUT2D eigenvalue weighted by Gasteiger charge is 2.11. The predicted octanol–water partition coefficient (Wildman–Crippen LogP) is 2.68. The molecule has 1 heterocycles. The van der Waals surface area contributed by atoms with Crippen molar-refractivity contribution in [2.24, 2.45) is 5.73 Å². The van der Waals surface area contributed by atoms with E-state index in [-0.39, 0.29) is 25.2 Å². The molecule has 0 saturated carbocycles. The first-order valence-corrected chi connectivity index (χ1v) is 10.6. The largest absolute Gasteiger partial charge is 0.464 e. The molecule has 0 atom stereocenters. The fraction of sp³-hybridized carbons (Fsp3) is 0.320. The van der Waals surface area contributed by atoms with Gasteiger partial charge in [0.1, 0.15) is 13.2 Å². The van der Waals surface area contributed by atoms with Gasteiger partial charge in [0.05, 0.1) is 19.6 Å². The molecule has 0 bridgehead atoms. The summed E-state index contributed by atoms with van der Waals surface area (Å²) in [5.41, 5.74) is 9.82. The lowest BCUT2D eigenvalue weighted by Crippen LogP contribution is -2.43. The van der Waals surface area contributed by atoms with Crippen LogP contribution in [0.5, 0.6) is 0 Å². The molecule has 0 aliphatic carbocycles. The number of nitrogens with two attached hydrogens (primary N) is 1. The number of anilines is 1. The van der Waals surface area contributed by atoms with E-state index in [4.69, 9.17) is 15.2 Å². The summed E-state index contributed by atoms with van der Waals surface area (Å²) in [6.07, 6.45) is 5.92. The maximum Gasteiger partial charge on any atom is 0.302 e. The van der Waals surface area contributed by atoms with Crippen LogP contribution in [0.15, 0.2) is 49.0 Å². The van der Waals surface area contributed by atoms with Crippen LogP contribution in [-0.2, 0) is 25.6 Å². The molecule has 2 aromatic rings. The van der Waals surface area contributed by atoms with Gasteiger partial charge in [-0.2, -0.15) is 4.57 Å². The van der Waals surface area contributed by atoms with Crippen LogP contribution in [0.2, 0.25) is 0 Å². The molecule has 32 heavy (non-hydrogen) atoms. The van der Waals surface area contributed by atoms with Gasteiger partial charge in [-0.3, -0.25) is 9.59 Å². The van der Waals surface area contributed by atoms with Gasteiger partial charge in [-0.25, -0.2) is 0 Å². The normalized spacial score (nSPS) is 10.7. The third kappa shape index (κ3) is 8.00. The van der Waals surface area contributed by atoms with Gasteiger partial charge >= 0.3 is 11.9 Å². The molecule has 2 rings (SSSR count). The van der Waals surface area contributed by atoms with E-state index in [9.17, 15) is 9.59 Å². The molecule has 0 aliphatic heterocycles. The number of aromatic nitrogens is 1. The van der Waals surface area contributed by atoms with E-state index in [1.807, 2.05) is 59.5 Å². The van der Waals surface area contributed by atoms with E-state index < -0.39 is 0 Å². The van der Waals surface area contributed by atoms with Crippen LogP contribution in [0.4, 0.5) is 5.69 Å². The van der Waals surface area contributed by atoms with Crippen molar-refractivity contribution in [2.45, 2.75) is 20.4 Å². The molecular formula is C25H32N3O4+. The van der Waals surface area contributed by atoms with Crippen molar-refractivity contribution < 1.29 is 23.6 Å². The average Bonchev–Trinajstić information content (AvgIpc) is 2.77. The maximum absolute atomic E-state index is 11.1. The van der Waals surface area contributed by atoms with Crippen molar-refractivity contribution in [3.05, 3.63) is 66.0 Å². The van der Waals surface area contributed by atoms with Crippen molar-refractivity contribution in [1.82, 2.24) is 0 Å². The molecule has 0 radical (unpaired) electrons. The summed E-state index contributed by atoms with van der Waals surface area (Å²) in [5, 5.41) is 0. The number of ether oxygens (including phenoxy) is 2. The van der Waals surface area contributed by atoms with Crippen LogP contribution in [0, 0.1) is 0 Å². The molecule has 0 amide bonds. The van der Waals surface area contributed by atoms with Gasteiger partial charge in [0.2, 0.25) is 11.4 Å². The summed E-state index contributed by atoms with van der Waals surface area (Å²) < 4.78 is 12.3. The Morgan fingerprint density at radius 1 is 0.969 bits per heavy atom. The maximum atomic E-state index is 11.1. The Kier molecular flexibility index (Phi) is 10.1. The summed E-state index contributed by atoms with van der Waals surface area (Å²) in [7, 11) is 0. The SMILES string of the molecule is C=Cc1cccc(/C=C/c2ccc(N(CCOC(C)=O)CCOC(C)=O)cc2)[n+]1CCN. The highest BCUT2D eigenvalue weighted by Crippen LogP contribution is 2.17. The van der Waals surface area contributed by atoms with Crippen LogP contribution in [0.25, 0.3) is 18.2 Å². The van der Waals surface area contributed by atoms with Crippen molar-refractivity contribution in [3.8, 4) is 0 Å². The number of esters is 2. The predicted molar refractivity (Wildman–Crippen MR) is 127 cm³/mol. The van der Waals surface area contributed by atoms with Crippen LogP contribution in [0.3, 0.4) is 0 Å². The van der Waals surface area contributed by atoms with Crippen LogP contribution < -0.4 is 15.2 Å². The van der Waals surface area contributed by atoms with E-state index in [0.717, 1.165) is 22.6 Å². The van der Waals surface area contributed by atoms with E-state index in [1.165, 1.54) is 13.8 Å². The van der Waals surface area contributed by atoms with Crippen LogP contribution in [-0.4, -0.2) is 44.8 Å². The number of pyridine rings is 1. The third-order valence-corrected chi connectivity index (χ3v) is 4.76. The minimum Gasteiger partial charge on any atom is -0.464 e. The highest BCUT2D eigenvalue weighted by molar-refractivity contribution is 5.69. The molecule has 0 aliphatic rings. The van der Waals surface area contributed by atoms with Crippen LogP contribution >= 0.6 is 0 Å². The van der Waals surface area contributed by atoms with Gasteiger partial charge in [-0.15, -0.1) is 0 Å². The zero-order valence-electron chi connectivity index (χ0n) is 18.8. The number of hydrogen-bond acceptors (Lipinski definition) is 6. The lowest BCUT2D eigenvalue weighted by Gasteiger charge is -2.24. The van der Waals surface area contributed by atoms with E-state index in [1.54, 1.807) is 0 Å². The monoisotopic (exact) mass is 438 g/mol. The Labute approximate surface area is 189 Å². The number of nitrogens with zero attached hydrogens (tertiary/aromatic N) is 2. The fourth-order valence-electron chi connectivity index (χ4n) is 3.23. The van der Waals surface area contributed by atoms with E-state index in [2.05, 4.69) is 17.2 Å². The Bertz CT molecular complexity index is 919. The smallest absolute Gasteiger partial charge is 0.302 e. The van der Waals surface area contributed by atoms with E-state index >= 15 is 0 Å². The average molecular weight is 439 g/mol. The Balaban J connectivity index is 2.14. The van der Waals surface area contributed by atoms with Crippen molar-refractivity contribution in [2.75, 3.05) is 37.7 Å². The molecule has 7 nitrogen and oxygen atoms in total. The molecule has 1 aromatic heterocycles. The highest BCUT2D eigenvalue weighted by atomic mass is 16.5. The molecule has 0 saturated heterocycles. The summed E-state index contributed by atoms with van der Waals surface area (Å²) in [5.74, 6) is -0.643. The molecular weight excluding hydrogens is 406 g/mol. The topological polar surface area (TPSA) is 85.7 Å². The lowest BCUT2D eigenvalue weighted by atomic mass is 10.1. The molecule has 7 heteroatoms. The van der Waals surface area contributed by atoms with Gasteiger partial charge in [0, 0.05) is 43.8 Å². The standard InChI is InChI=1S/C25H32N3O4/c1-4-23-6-5-7-25(28(23)15-14-26)13-10-22-8-11-24(12-9-22)27(16-18-31-20(2)29)17-19-32-21(3)30/h4-13H,1,14-19,26H2,2-3H3/q+1. The summed E-state index contributed by atoms with van der Waals surface area (Å²) in [6.45, 7) is 9.42. The molecule has 170 valence electrons. The molecule has 0 fully saturated rings. The van der Waals surface area contributed by atoms with Crippen molar-refractivity contribution >= 4 is 35.9 Å². The second-order valence-corrected chi connectivity index (χ2v) is 7.11. The van der Waals surface area contributed by atoms with Gasteiger partial charge in [-0.1, -0.05) is 18.7 Å². The van der Waals surface area contributed by atoms with Gasteiger partial charge in [-0.05, 0) is 29.8 Å². The minimum atomic E-state index is -0.321. The minimum absolute atomic E-state index is 0.262. The molecule has 1 aromatic carbocycles. The first kappa shape index (κ1) is 24.8. The molecule has 0 spiro atoms. The molecule has 2 N–H and O–H groups in total. The first-order valence-electron chi connectivity index (χ1n) is 10.6. The zero-order valence-corrected chi connectivity index (χ0v) is 18.8. The summed E-state index contributed by atoms with van der Waals surface area (Å²) in [6, 6.07) is 14.1. The first-order chi connectivity index (χ1) is 15.4. The van der Waals surface area contributed by atoms with Gasteiger partial charge < -0.3 is 20.1 Å². The number of carbonyl (C=O) groups is 2. The Hall–Kier alpha value is -3.45. The molecule has 0 unspecified atom stereocenters. The number of carbonyl (C=O) groups excluding carboxylic acids is 2. The van der Waals surface area contributed by atoms with Crippen LogP contribution in [0.1, 0.15) is 30.8 Å². The van der Waals surface area contributed by atoms with Crippen molar-refractivity contribution in [1.29, 1.82) is 0 Å². The summed E-state index contributed by atoms with van der Waals surface area (Å²) in [4.78, 5) is 24.2. The number of hydrogen-bond donors (Lipinski definition) is 1. The Morgan fingerprint density at radius 3 is 2.09 bits per heavy atom. The van der Waals surface area contributed by atoms with Crippen molar-refractivity contribution in [3.63, 3.8) is 0 Å². The Morgan fingerprint density at radius 2 is 1.56 bits per heavy atom. The summed E-state index contributed by atoms with van der Waals surface area (Å²) >= 11 is 0. The zero-order chi connectivity index (χ0) is 23.3. The second-order valence-electron chi connectivity index (χ2n) is 7.11.